The molecule has 0 unspecified atom stereocenters. The van der Waals surface area contributed by atoms with Crippen LogP contribution >= 0.6 is 46.8 Å². The molecule has 0 aliphatic carbocycles. The molecule has 0 atom stereocenters. The Labute approximate surface area is 214 Å². The minimum atomic E-state index is -0.387. The molecule has 2 N–H and O–H groups in total. The van der Waals surface area contributed by atoms with Crippen LogP contribution in [0.1, 0.15) is 22.2 Å². The van der Waals surface area contributed by atoms with Gasteiger partial charge in [-0.15, -0.1) is 21.5 Å². The summed E-state index contributed by atoms with van der Waals surface area (Å²) in [6, 6.07) is 18.9. The van der Waals surface area contributed by atoms with Crippen LogP contribution in [0, 0.1) is 0 Å². The van der Waals surface area contributed by atoms with Crippen LogP contribution in [0.25, 0.3) is 26.8 Å². The molecule has 0 bridgehead atoms. The average Bonchev–Trinajstić information content (AvgIpc) is 3.39. The Morgan fingerprint density at radius 1 is 1.03 bits per heavy atom. The van der Waals surface area contributed by atoms with Gasteiger partial charge in [0.05, 0.1) is 10.7 Å². The van der Waals surface area contributed by atoms with Gasteiger partial charge in [0.15, 0.2) is 5.11 Å². The van der Waals surface area contributed by atoms with E-state index in [9.17, 15) is 4.79 Å². The predicted octanol–water partition coefficient (Wildman–Crippen LogP) is 6.63. The third-order valence-corrected chi connectivity index (χ3v) is 7.33. The van der Waals surface area contributed by atoms with Crippen LogP contribution in [0.15, 0.2) is 60.7 Å². The molecule has 0 saturated heterocycles. The first-order valence-corrected chi connectivity index (χ1v) is 12.4. The molecule has 6 nitrogen and oxygen atoms in total. The molecule has 5 aromatic rings. The van der Waals surface area contributed by atoms with E-state index in [4.69, 9.17) is 35.4 Å². The molecule has 0 saturated carbocycles. The van der Waals surface area contributed by atoms with Gasteiger partial charge in [-0.1, -0.05) is 48.3 Å². The quantitative estimate of drug-likeness (QED) is 0.257. The fourth-order valence-electron chi connectivity index (χ4n) is 3.48. The van der Waals surface area contributed by atoms with Crippen LogP contribution in [0.3, 0.4) is 0 Å². The molecule has 170 valence electrons. The minimum absolute atomic E-state index is 0.151. The highest BCUT2D eigenvalue weighted by Gasteiger charge is 2.18. The number of aromatic nitrogens is 3. The molecule has 10 heteroatoms. The summed E-state index contributed by atoms with van der Waals surface area (Å²) >= 11 is 19.1. The number of aryl methyl sites for hydroxylation is 1. The summed E-state index contributed by atoms with van der Waals surface area (Å²) in [5.74, 6) is -0.387. The zero-order valence-electron chi connectivity index (χ0n) is 17.8. The van der Waals surface area contributed by atoms with Crippen molar-refractivity contribution >= 4 is 84.6 Å². The van der Waals surface area contributed by atoms with Crippen LogP contribution in [0.2, 0.25) is 10.0 Å². The summed E-state index contributed by atoms with van der Waals surface area (Å²) in [6.45, 7) is 2.12. The van der Waals surface area contributed by atoms with Gasteiger partial charge in [-0.3, -0.25) is 10.1 Å². The number of thiophene rings is 1. The Hall–Kier alpha value is -3.04. The van der Waals surface area contributed by atoms with Crippen molar-refractivity contribution in [2.75, 3.05) is 5.32 Å². The second-order valence-electron chi connectivity index (χ2n) is 7.51. The molecule has 5 rings (SSSR count). The van der Waals surface area contributed by atoms with Crippen LogP contribution < -0.4 is 10.6 Å². The largest absolute Gasteiger partial charge is 0.332 e. The lowest BCUT2D eigenvalue weighted by Crippen LogP contribution is -2.33. The molecule has 0 aliphatic heterocycles. The fraction of sp³-hybridized carbons (Fsp3) is 0.0833. The summed E-state index contributed by atoms with van der Waals surface area (Å²) in [7, 11) is 0. The van der Waals surface area contributed by atoms with Gasteiger partial charge >= 0.3 is 0 Å². The van der Waals surface area contributed by atoms with Crippen molar-refractivity contribution in [1.29, 1.82) is 0 Å². The zero-order valence-corrected chi connectivity index (χ0v) is 20.9. The second-order valence-corrected chi connectivity index (χ2v) is 9.78. The molecular formula is C24H17Cl2N5OS2. The third-order valence-electron chi connectivity index (χ3n) is 5.24. The van der Waals surface area contributed by atoms with E-state index >= 15 is 0 Å². The lowest BCUT2D eigenvalue weighted by Gasteiger charge is -2.08. The van der Waals surface area contributed by atoms with Crippen molar-refractivity contribution in [2.45, 2.75) is 13.3 Å². The summed E-state index contributed by atoms with van der Waals surface area (Å²) in [6.07, 6.45) is 0.976. The highest BCUT2D eigenvalue weighted by Crippen LogP contribution is 2.36. The van der Waals surface area contributed by atoms with E-state index in [1.807, 2.05) is 30.3 Å². The van der Waals surface area contributed by atoms with Crippen molar-refractivity contribution in [3.8, 4) is 5.69 Å². The zero-order chi connectivity index (χ0) is 23.8. The van der Waals surface area contributed by atoms with E-state index in [1.54, 1.807) is 23.0 Å². The lowest BCUT2D eigenvalue weighted by atomic mass is 10.2. The number of rotatable bonds is 4. The standard InChI is InChI=1S/C24H17Cl2N5OS2/c1-2-13-3-7-16(8-4-13)31-29-18-10-6-15(12-19(18)30-31)27-24(33)28-23(32)22-21(26)17-9-5-14(25)11-20(17)34-22/h3-12H,2H2,1H3,(H2,27,28,32,33). The van der Waals surface area contributed by atoms with Crippen molar-refractivity contribution in [3.05, 3.63) is 81.1 Å². The van der Waals surface area contributed by atoms with E-state index in [0.717, 1.165) is 27.7 Å². The highest BCUT2D eigenvalue weighted by atomic mass is 35.5. The first kappa shape index (κ1) is 22.7. The number of hydrogen-bond acceptors (Lipinski definition) is 5. The Morgan fingerprint density at radius 2 is 1.79 bits per heavy atom. The molecule has 34 heavy (non-hydrogen) atoms. The minimum Gasteiger partial charge on any atom is -0.332 e. The van der Waals surface area contributed by atoms with Gasteiger partial charge in [0.1, 0.15) is 15.9 Å². The first-order valence-electron chi connectivity index (χ1n) is 10.4. The topological polar surface area (TPSA) is 71.8 Å². The van der Waals surface area contributed by atoms with Crippen LogP contribution in [0.4, 0.5) is 5.69 Å². The van der Waals surface area contributed by atoms with Gasteiger partial charge in [-0.2, -0.15) is 4.80 Å². The molecule has 3 aromatic carbocycles. The van der Waals surface area contributed by atoms with Crippen LogP contribution in [-0.4, -0.2) is 26.0 Å². The summed E-state index contributed by atoms with van der Waals surface area (Å²) in [5, 5.41) is 16.7. The Bertz CT molecular complexity index is 1560. The molecule has 2 heterocycles. The molecular weight excluding hydrogens is 509 g/mol. The second kappa shape index (κ2) is 9.31. The number of thiocarbonyl (C=S) groups is 1. The van der Waals surface area contributed by atoms with Gasteiger partial charge in [-0.05, 0) is 66.7 Å². The molecule has 0 fully saturated rings. The lowest BCUT2D eigenvalue weighted by molar-refractivity contribution is 0.0982. The average molecular weight is 526 g/mol. The van der Waals surface area contributed by atoms with Crippen molar-refractivity contribution in [3.63, 3.8) is 0 Å². The third kappa shape index (κ3) is 4.50. The van der Waals surface area contributed by atoms with Gasteiger partial charge in [0.2, 0.25) is 0 Å². The van der Waals surface area contributed by atoms with Crippen molar-refractivity contribution < 1.29 is 4.79 Å². The maximum Gasteiger partial charge on any atom is 0.269 e. The summed E-state index contributed by atoms with van der Waals surface area (Å²) < 4.78 is 0.833. The summed E-state index contributed by atoms with van der Waals surface area (Å²) in [4.78, 5) is 14.7. The number of fused-ring (bicyclic) bond motifs is 2. The maximum absolute atomic E-state index is 12.8. The fourth-order valence-corrected chi connectivity index (χ4v) is 5.38. The first-order chi connectivity index (χ1) is 16.4. The van der Waals surface area contributed by atoms with E-state index in [0.29, 0.717) is 26.1 Å². The van der Waals surface area contributed by atoms with E-state index in [-0.39, 0.29) is 11.0 Å². The molecule has 2 aromatic heterocycles. The molecule has 0 spiro atoms. The number of anilines is 1. The van der Waals surface area contributed by atoms with Gasteiger partial charge in [-0.25, -0.2) is 0 Å². The number of nitrogens with zero attached hydrogens (tertiary/aromatic N) is 3. The monoisotopic (exact) mass is 525 g/mol. The normalized spacial score (nSPS) is 11.1. The number of hydrogen-bond donors (Lipinski definition) is 2. The number of benzene rings is 3. The van der Waals surface area contributed by atoms with Crippen LogP contribution in [-0.2, 0) is 6.42 Å². The van der Waals surface area contributed by atoms with Gasteiger partial charge < -0.3 is 5.32 Å². The smallest absolute Gasteiger partial charge is 0.269 e. The Balaban J connectivity index is 1.31. The van der Waals surface area contributed by atoms with Gasteiger partial charge in [0, 0.05) is 20.8 Å². The number of carbonyl (C=O) groups excluding carboxylic acids is 1. The van der Waals surface area contributed by atoms with Gasteiger partial charge in [0.25, 0.3) is 5.91 Å². The Morgan fingerprint density at radius 3 is 2.56 bits per heavy atom. The highest BCUT2D eigenvalue weighted by molar-refractivity contribution is 7.80. The van der Waals surface area contributed by atoms with Crippen molar-refractivity contribution in [1.82, 2.24) is 20.3 Å². The molecule has 0 radical (unpaired) electrons. The number of halogens is 2. The van der Waals surface area contributed by atoms with E-state index in [2.05, 4.69) is 39.9 Å². The predicted molar refractivity (Wildman–Crippen MR) is 144 cm³/mol. The number of carbonyl (C=O) groups is 1. The number of nitrogens with one attached hydrogen (secondary N) is 2. The summed E-state index contributed by atoms with van der Waals surface area (Å²) in [5.41, 5.74) is 4.26. The van der Waals surface area contributed by atoms with E-state index < -0.39 is 0 Å². The Kier molecular flexibility index (Phi) is 6.22. The maximum atomic E-state index is 12.8. The van der Waals surface area contributed by atoms with E-state index in [1.165, 1.54) is 16.9 Å². The number of amides is 1. The molecule has 1 amide bonds. The molecule has 0 aliphatic rings. The van der Waals surface area contributed by atoms with Crippen LogP contribution in [0.5, 0.6) is 0 Å². The van der Waals surface area contributed by atoms with Crippen molar-refractivity contribution in [2.24, 2.45) is 0 Å². The SMILES string of the molecule is CCc1ccc(-n2nc3ccc(NC(=S)NC(=O)c4sc5cc(Cl)ccc5c4Cl)cc3n2)cc1.